The Morgan fingerprint density at radius 2 is 2.15 bits per heavy atom. The molecule has 0 bridgehead atoms. The molecule has 0 N–H and O–H groups in total. The van der Waals surface area contributed by atoms with Crippen molar-refractivity contribution in [1.29, 1.82) is 0 Å². The largest absolute Gasteiger partial charge is 0.466 e. The number of carbonyl (C=O) groups is 2. The van der Waals surface area contributed by atoms with Crippen LogP contribution in [-0.4, -0.2) is 29.0 Å². The molecule has 1 aliphatic rings. The first-order chi connectivity index (χ1) is 5.82. The molecule has 1 aliphatic heterocycles. The minimum Gasteiger partial charge on any atom is -0.466 e. The van der Waals surface area contributed by atoms with Crippen LogP contribution in [0, 0.1) is 0 Å². The molecule has 0 radical (unpaired) electrons. The molecule has 74 valence electrons. The maximum Gasteiger partial charge on any atom is 0.350 e. The standard InChI is InChI=1S/C7H8Cl2O4/c1-6(4(10)12-2)3-7(8,9)5(11)13-6/h3H2,1-2H3. The zero-order valence-corrected chi connectivity index (χ0v) is 8.61. The number of ether oxygens (including phenoxy) is 2. The molecule has 1 unspecified atom stereocenters. The van der Waals surface area contributed by atoms with E-state index in [1.165, 1.54) is 14.0 Å². The first kappa shape index (κ1) is 10.6. The van der Waals surface area contributed by atoms with Gasteiger partial charge in [0.2, 0.25) is 9.93 Å². The van der Waals surface area contributed by atoms with Gasteiger partial charge in [-0.15, -0.1) is 0 Å². The third kappa shape index (κ3) is 1.74. The highest BCUT2D eigenvalue weighted by atomic mass is 35.5. The summed E-state index contributed by atoms with van der Waals surface area (Å²) < 4.78 is 7.53. The van der Waals surface area contributed by atoms with Gasteiger partial charge < -0.3 is 9.47 Å². The van der Waals surface area contributed by atoms with Crippen LogP contribution in [0.5, 0.6) is 0 Å². The first-order valence-electron chi connectivity index (χ1n) is 3.51. The molecule has 1 atom stereocenters. The molecule has 1 rings (SSSR count). The summed E-state index contributed by atoms with van der Waals surface area (Å²) in [6, 6.07) is 0. The van der Waals surface area contributed by atoms with E-state index in [9.17, 15) is 9.59 Å². The molecule has 1 fully saturated rings. The van der Waals surface area contributed by atoms with Crippen molar-refractivity contribution in [3.05, 3.63) is 0 Å². The maximum absolute atomic E-state index is 11.2. The fourth-order valence-corrected chi connectivity index (χ4v) is 1.73. The van der Waals surface area contributed by atoms with Gasteiger partial charge >= 0.3 is 11.9 Å². The van der Waals surface area contributed by atoms with Crippen molar-refractivity contribution in [3.63, 3.8) is 0 Å². The van der Waals surface area contributed by atoms with E-state index < -0.39 is 21.9 Å². The van der Waals surface area contributed by atoms with Crippen molar-refractivity contribution in [2.45, 2.75) is 23.3 Å². The number of esters is 2. The molecule has 0 aromatic carbocycles. The molecular weight excluding hydrogens is 219 g/mol. The van der Waals surface area contributed by atoms with Crippen LogP contribution >= 0.6 is 23.2 Å². The Labute approximate surface area is 85.1 Å². The Morgan fingerprint density at radius 3 is 2.46 bits per heavy atom. The van der Waals surface area contributed by atoms with Crippen LogP contribution in [0.1, 0.15) is 13.3 Å². The van der Waals surface area contributed by atoms with E-state index in [4.69, 9.17) is 27.9 Å². The quantitative estimate of drug-likeness (QED) is 0.496. The first-order valence-corrected chi connectivity index (χ1v) is 4.27. The van der Waals surface area contributed by atoms with E-state index in [1.807, 2.05) is 0 Å². The van der Waals surface area contributed by atoms with Gasteiger partial charge in [0.1, 0.15) is 0 Å². The summed E-state index contributed by atoms with van der Waals surface area (Å²) in [6.07, 6.45) is -0.103. The molecule has 0 spiro atoms. The topological polar surface area (TPSA) is 52.6 Å². The molecule has 13 heavy (non-hydrogen) atoms. The van der Waals surface area contributed by atoms with Crippen LogP contribution in [0.25, 0.3) is 0 Å². The van der Waals surface area contributed by atoms with E-state index in [0.717, 1.165) is 0 Å². The van der Waals surface area contributed by atoms with E-state index in [2.05, 4.69) is 4.74 Å². The summed E-state index contributed by atoms with van der Waals surface area (Å²) in [5.74, 6) is -1.48. The number of hydrogen-bond donors (Lipinski definition) is 0. The zero-order valence-electron chi connectivity index (χ0n) is 7.10. The molecule has 0 aliphatic carbocycles. The van der Waals surface area contributed by atoms with Gasteiger partial charge in [-0.1, -0.05) is 23.2 Å². The fraction of sp³-hybridized carbons (Fsp3) is 0.714. The van der Waals surface area contributed by atoms with Gasteiger partial charge in [0.15, 0.2) is 0 Å². The van der Waals surface area contributed by atoms with Crippen molar-refractivity contribution in [1.82, 2.24) is 0 Å². The molecule has 0 saturated carbocycles. The predicted molar refractivity (Wildman–Crippen MR) is 45.6 cm³/mol. The molecule has 0 aromatic heterocycles. The van der Waals surface area contributed by atoms with Crippen molar-refractivity contribution in [2.24, 2.45) is 0 Å². The number of cyclic esters (lactones) is 1. The molecule has 1 saturated heterocycles. The number of carbonyl (C=O) groups excluding carboxylic acids is 2. The summed E-state index contributed by atoms with van der Waals surface area (Å²) in [5, 5.41) is 0. The van der Waals surface area contributed by atoms with Crippen LogP contribution in [0.2, 0.25) is 0 Å². The molecule has 0 aromatic rings. The number of halogens is 2. The highest BCUT2D eigenvalue weighted by Gasteiger charge is 2.57. The number of rotatable bonds is 1. The summed E-state index contributed by atoms with van der Waals surface area (Å²) in [5.41, 5.74) is -1.37. The van der Waals surface area contributed by atoms with E-state index in [0.29, 0.717) is 0 Å². The van der Waals surface area contributed by atoms with Gasteiger partial charge in [-0.25, -0.2) is 9.59 Å². The lowest BCUT2D eigenvalue weighted by molar-refractivity contribution is -0.170. The summed E-state index contributed by atoms with van der Waals surface area (Å²) in [4.78, 5) is 22.2. The lowest BCUT2D eigenvalue weighted by atomic mass is 10.0. The SMILES string of the molecule is COC(=O)C1(C)CC(Cl)(Cl)C(=O)O1. The maximum atomic E-state index is 11.2. The smallest absolute Gasteiger partial charge is 0.350 e. The van der Waals surface area contributed by atoms with Gasteiger partial charge in [-0.05, 0) is 6.92 Å². The fourth-order valence-electron chi connectivity index (χ4n) is 1.14. The average molecular weight is 227 g/mol. The van der Waals surface area contributed by atoms with Gasteiger partial charge in [-0.3, -0.25) is 0 Å². The predicted octanol–water partition coefficient (Wildman–Crippen LogP) is 1.04. The van der Waals surface area contributed by atoms with Gasteiger partial charge in [0.25, 0.3) is 0 Å². The normalized spacial score (nSPS) is 31.2. The highest BCUT2D eigenvalue weighted by Crippen LogP contribution is 2.42. The van der Waals surface area contributed by atoms with Crippen LogP contribution in [0.3, 0.4) is 0 Å². The highest BCUT2D eigenvalue weighted by molar-refractivity contribution is 6.58. The lowest BCUT2D eigenvalue weighted by Crippen LogP contribution is -2.36. The van der Waals surface area contributed by atoms with Crippen LogP contribution < -0.4 is 0 Å². The number of hydrogen-bond acceptors (Lipinski definition) is 4. The molecule has 6 heteroatoms. The Hall–Kier alpha value is -0.480. The zero-order chi connectivity index (χ0) is 10.3. The van der Waals surface area contributed by atoms with Crippen LogP contribution in [0.4, 0.5) is 0 Å². The number of methoxy groups -OCH3 is 1. The average Bonchev–Trinajstić information content (AvgIpc) is 2.21. The van der Waals surface area contributed by atoms with E-state index in [1.54, 1.807) is 0 Å². The van der Waals surface area contributed by atoms with Crippen molar-refractivity contribution >= 4 is 35.1 Å². The van der Waals surface area contributed by atoms with Gasteiger partial charge in [0.05, 0.1) is 7.11 Å². The summed E-state index contributed by atoms with van der Waals surface area (Å²) >= 11 is 11.2. The van der Waals surface area contributed by atoms with Gasteiger partial charge in [-0.2, -0.15) is 0 Å². The van der Waals surface area contributed by atoms with Gasteiger partial charge in [0, 0.05) is 6.42 Å². The van der Waals surface area contributed by atoms with Crippen LogP contribution in [-0.2, 0) is 19.1 Å². The van der Waals surface area contributed by atoms with Crippen LogP contribution in [0.15, 0.2) is 0 Å². The summed E-state index contributed by atoms with van der Waals surface area (Å²) in [6.45, 7) is 1.41. The lowest BCUT2D eigenvalue weighted by Gasteiger charge is -2.18. The minimum absolute atomic E-state index is 0.103. The van der Waals surface area contributed by atoms with E-state index in [-0.39, 0.29) is 6.42 Å². The second kappa shape index (κ2) is 3.03. The Morgan fingerprint density at radius 1 is 1.62 bits per heavy atom. The van der Waals surface area contributed by atoms with Crippen molar-refractivity contribution in [2.75, 3.05) is 7.11 Å². The number of alkyl halides is 2. The summed E-state index contributed by atoms with van der Waals surface area (Å²) in [7, 11) is 1.20. The molecule has 0 amide bonds. The Balaban J connectivity index is 2.88. The third-order valence-electron chi connectivity index (χ3n) is 1.79. The second-order valence-corrected chi connectivity index (χ2v) is 4.48. The van der Waals surface area contributed by atoms with Crippen molar-refractivity contribution < 1.29 is 19.1 Å². The Bertz CT molecular complexity index is 263. The molecule has 4 nitrogen and oxygen atoms in total. The van der Waals surface area contributed by atoms with Crippen molar-refractivity contribution in [3.8, 4) is 0 Å². The minimum atomic E-state index is -1.65. The Kier molecular flexibility index (Phi) is 2.47. The monoisotopic (exact) mass is 226 g/mol. The third-order valence-corrected chi connectivity index (χ3v) is 2.37. The second-order valence-electron chi connectivity index (χ2n) is 2.99. The molecule has 1 heterocycles. The molecular formula is C7H8Cl2O4. The van der Waals surface area contributed by atoms with E-state index >= 15 is 0 Å².